The predicted octanol–water partition coefficient (Wildman–Crippen LogP) is 4.30. The zero-order valence-electron chi connectivity index (χ0n) is 15.9. The highest BCUT2D eigenvalue weighted by atomic mass is 19.1. The van der Waals surface area contributed by atoms with E-state index >= 15 is 0 Å². The number of benzene rings is 3. The van der Waals surface area contributed by atoms with Crippen LogP contribution in [-0.4, -0.2) is 18.7 Å². The third-order valence-electron chi connectivity index (χ3n) is 4.54. The first-order valence-corrected chi connectivity index (χ1v) is 9.26. The number of anilines is 1. The fourth-order valence-corrected chi connectivity index (χ4v) is 3.14. The summed E-state index contributed by atoms with van der Waals surface area (Å²) in [6.07, 6.45) is 0. The third kappa shape index (κ3) is 4.31. The van der Waals surface area contributed by atoms with Crippen LogP contribution in [0, 0.1) is 5.82 Å². The molecule has 0 atom stereocenters. The molecule has 1 aliphatic heterocycles. The Morgan fingerprint density at radius 3 is 2.63 bits per heavy atom. The van der Waals surface area contributed by atoms with Crippen LogP contribution in [0.15, 0.2) is 66.7 Å². The zero-order chi connectivity index (χ0) is 20.9. The summed E-state index contributed by atoms with van der Waals surface area (Å²) in [6, 6.07) is 17.8. The lowest BCUT2D eigenvalue weighted by Gasteiger charge is -2.20. The summed E-state index contributed by atoms with van der Waals surface area (Å²) in [6.45, 7) is 0.0935. The van der Waals surface area contributed by atoms with Crippen molar-refractivity contribution < 1.29 is 28.2 Å². The summed E-state index contributed by atoms with van der Waals surface area (Å²) >= 11 is 0. The maximum absolute atomic E-state index is 13.9. The topological polar surface area (TPSA) is 73.9 Å². The van der Waals surface area contributed by atoms with Crippen LogP contribution in [0.4, 0.5) is 10.1 Å². The van der Waals surface area contributed by atoms with Gasteiger partial charge < -0.3 is 19.5 Å². The van der Waals surface area contributed by atoms with E-state index in [2.05, 4.69) is 5.32 Å². The van der Waals surface area contributed by atoms with Crippen molar-refractivity contribution in [2.45, 2.75) is 13.2 Å². The Morgan fingerprint density at radius 2 is 1.80 bits per heavy atom. The summed E-state index contributed by atoms with van der Waals surface area (Å²) in [7, 11) is 0. The first-order chi connectivity index (χ1) is 14.6. The SMILES string of the molecule is O=C(Nc1ccccc1C(=O)OCc1cc(F)cc2c1OCOC2)c1ccccc1. The number of ether oxygens (including phenoxy) is 3. The lowest BCUT2D eigenvalue weighted by molar-refractivity contribution is -0.0182. The number of carbonyl (C=O) groups is 2. The minimum absolute atomic E-state index is 0.0495. The molecular formula is C23H18FNO5. The van der Waals surface area contributed by atoms with Gasteiger partial charge in [0.2, 0.25) is 0 Å². The number of amides is 1. The average molecular weight is 407 g/mol. The number of hydrogen-bond donors (Lipinski definition) is 1. The van der Waals surface area contributed by atoms with Crippen molar-refractivity contribution in [1.82, 2.24) is 0 Å². The molecule has 0 saturated carbocycles. The van der Waals surface area contributed by atoms with Crippen molar-refractivity contribution >= 4 is 17.6 Å². The molecule has 0 radical (unpaired) electrons. The van der Waals surface area contributed by atoms with Crippen LogP contribution >= 0.6 is 0 Å². The summed E-state index contributed by atoms with van der Waals surface area (Å²) in [5, 5.41) is 2.72. The molecule has 1 N–H and O–H groups in total. The van der Waals surface area contributed by atoms with Crippen LogP contribution < -0.4 is 10.1 Å². The molecule has 0 bridgehead atoms. The van der Waals surface area contributed by atoms with Crippen molar-refractivity contribution in [3.8, 4) is 5.75 Å². The van der Waals surface area contributed by atoms with E-state index in [0.717, 1.165) is 0 Å². The molecule has 1 heterocycles. The minimum Gasteiger partial charge on any atom is -0.467 e. The Labute approximate surface area is 172 Å². The smallest absolute Gasteiger partial charge is 0.340 e. The van der Waals surface area contributed by atoms with E-state index in [1.165, 1.54) is 12.1 Å². The van der Waals surface area contributed by atoms with E-state index in [1.54, 1.807) is 48.5 Å². The van der Waals surface area contributed by atoms with Crippen molar-refractivity contribution in [1.29, 1.82) is 0 Å². The van der Waals surface area contributed by atoms with Crippen LogP contribution in [0.5, 0.6) is 5.75 Å². The predicted molar refractivity (Wildman–Crippen MR) is 107 cm³/mol. The molecule has 3 aromatic rings. The van der Waals surface area contributed by atoms with Gasteiger partial charge in [-0.2, -0.15) is 0 Å². The first kappa shape index (κ1) is 19.6. The molecule has 152 valence electrons. The Kier molecular flexibility index (Phi) is 5.72. The molecule has 0 aliphatic carbocycles. The van der Waals surface area contributed by atoms with E-state index < -0.39 is 11.8 Å². The number of hydrogen-bond acceptors (Lipinski definition) is 5. The second-order valence-corrected chi connectivity index (χ2v) is 6.61. The molecule has 0 fully saturated rings. The molecule has 1 amide bonds. The van der Waals surface area contributed by atoms with E-state index in [1.807, 2.05) is 6.07 Å². The van der Waals surface area contributed by atoms with E-state index in [9.17, 15) is 14.0 Å². The van der Waals surface area contributed by atoms with Crippen molar-refractivity contribution in [3.63, 3.8) is 0 Å². The van der Waals surface area contributed by atoms with E-state index in [4.69, 9.17) is 14.2 Å². The highest BCUT2D eigenvalue weighted by Crippen LogP contribution is 2.30. The lowest BCUT2D eigenvalue weighted by Crippen LogP contribution is -2.17. The van der Waals surface area contributed by atoms with Gasteiger partial charge >= 0.3 is 5.97 Å². The molecule has 0 saturated heterocycles. The fraction of sp³-hybridized carbons (Fsp3) is 0.130. The number of para-hydroxylation sites is 1. The highest BCUT2D eigenvalue weighted by molar-refractivity contribution is 6.07. The molecule has 30 heavy (non-hydrogen) atoms. The Hall–Kier alpha value is -3.71. The van der Waals surface area contributed by atoms with Gasteiger partial charge in [0, 0.05) is 16.7 Å². The molecule has 3 aromatic carbocycles. The average Bonchev–Trinajstić information content (AvgIpc) is 2.78. The van der Waals surface area contributed by atoms with Crippen molar-refractivity contribution in [2.24, 2.45) is 0 Å². The van der Waals surface area contributed by atoms with Gasteiger partial charge in [-0.1, -0.05) is 30.3 Å². The number of fused-ring (bicyclic) bond motifs is 1. The second-order valence-electron chi connectivity index (χ2n) is 6.61. The second kappa shape index (κ2) is 8.75. The number of esters is 1. The Morgan fingerprint density at radius 1 is 1.03 bits per heavy atom. The van der Waals surface area contributed by atoms with Gasteiger partial charge in [0.1, 0.15) is 18.2 Å². The summed E-state index contributed by atoms with van der Waals surface area (Å²) in [5.41, 5.74) is 1.94. The van der Waals surface area contributed by atoms with E-state index in [0.29, 0.717) is 28.1 Å². The standard InChI is InChI=1S/C23H18FNO5/c24-18-10-16-12-28-14-30-21(16)17(11-18)13-29-23(27)19-8-4-5-9-20(19)25-22(26)15-6-2-1-3-7-15/h1-11H,12-14H2,(H,25,26). The van der Waals surface area contributed by atoms with Gasteiger partial charge in [-0.25, -0.2) is 9.18 Å². The summed E-state index contributed by atoms with van der Waals surface area (Å²) < 4.78 is 29.8. The van der Waals surface area contributed by atoms with Gasteiger partial charge in [-0.3, -0.25) is 4.79 Å². The molecule has 7 heteroatoms. The number of halogens is 1. The van der Waals surface area contributed by atoms with Crippen LogP contribution in [0.2, 0.25) is 0 Å². The van der Waals surface area contributed by atoms with Gasteiger partial charge in [-0.15, -0.1) is 0 Å². The molecule has 0 unspecified atom stereocenters. The molecule has 4 rings (SSSR count). The first-order valence-electron chi connectivity index (χ1n) is 9.26. The monoisotopic (exact) mass is 407 g/mol. The summed E-state index contributed by atoms with van der Waals surface area (Å²) in [4.78, 5) is 25.1. The molecule has 1 aliphatic rings. The molecule has 0 aromatic heterocycles. The van der Waals surface area contributed by atoms with Crippen LogP contribution in [0.3, 0.4) is 0 Å². The van der Waals surface area contributed by atoms with Gasteiger partial charge in [0.15, 0.2) is 6.79 Å². The largest absolute Gasteiger partial charge is 0.467 e. The number of carbonyl (C=O) groups excluding carboxylic acids is 2. The molecule has 6 nitrogen and oxygen atoms in total. The van der Waals surface area contributed by atoms with Crippen LogP contribution in [0.25, 0.3) is 0 Å². The Balaban J connectivity index is 1.50. The number of rotatable bonds is 5. The van der Waals surface area contributed by atoms with Gasteiger partial charge in [-0.05, 0) is 36.4 Å². The molecular weight excluding hydrogens is 389 g/mol. The number of nitrogens with one attached hydrogen (secondary N) is 1. The molecule has 0 spiro atoms. The lowest BCUT2D eigenvalue weighted by atomic mass is 10.1. The van der Waals surface area contributed by atoms with Gasteiger partial charge in [0.05, 0.1) is 17.9 Å². The summed E-state index contributed by atoms with van der Waals surface area (Å²) in [5.74, 6) is -1.00. The van der Waals surface area contributed by atoms with Gasteiger partial charge in [0.25, 0.3) is 5.91 Å². The normalized spacial score (nSPS) is 12.4. The quantitative estimate of drug-likeness (QED) is 0.639. The third-order valence-corrected chi connectivity index (χ3v) is 4.54. The fourth-order valence-electron chi connectivity index (χ4n) is 3.14. The van der Waals surface area contributed by atoms with E-state index in [-0.39, 0.29) is 31.5 Å². The zero-order valence-corrected chi connectivity index (χ0v) is 15.9. The van der Waals surface area contributed by atoms with Crippen LogP contribution in [0.1, 0.15) is 31.8 Å². The van der Waals surface area contributed by atoms with Crippen molar-refractivity contribution in [2.75, 3.05) is 12.1 Å². The van der Waals surface area contributed by atoms with Crippen molar-refractivity contribution in [3.05, 3.63) is 94.8 Å². The maximum atomic E-state index is 13.9. The minimum atomic E-state index is -0.649. The maximum Gasteiger partial charge on any atom is 0.340 e. The Bertz CT molecular complexity index is 1080. The van der Waals surface area contributed by atoms with Crippen LogP contribution in [-0.2, 0) is 22.7 Å². The highest BCUT2D eigenvalue weighted by Gasteiger charge is 2.20.